The molecule has 0 spiro atoms. The summed E-state index contributed by atoms with van der Waals surface area (Å²) < 4.78 is 0. The van der Waals surface area contributed by atoms with Crippen LogP contribution in [0.15, 0.2) is 24.3 Å². The third kappa shape index (κ3) is 4.20. The molecule has 0 radical (unpaired) electrons. The van der Waals surface area contributed by atoms with E-state index in [9.17, 15) is 14.4 Å². The molecular formula is C14H17N3O4. The van der Waals surface area contributed by atoms with E-state index in [0.29, 0.717) is 30.9 Å². The second-order valence-corrected chi connectivity index (χ2v) is 4.73. The number of hydrogen-bond donors (Lipinski definition) is 3. The number of rotatable bonds is 6. The molecule has 1 heterocycles. The quantitative estimate of drug-likeness (QED) is 0.738. The molecule has 0 aliphatic carbocycles. The van der Waals surface area contributed by atoms with Crippen LogP contribution in [0.3, 0.4) is 0 Å². The number of carboxylic acid groups (broad SMARTS) is 1. The molecule has 1 fully saturated rings. The maximum absolute atomic E-state index is 11.7. The van der Waals surface area contributed by atoms with Gasteiger partial charge in [0.15, 0.2) is 0 Å². The second kappa shape index (κ2) is 6.74. The van der Waals surface area contributed by atoms with Crippen LogP contribution < -0.4 is 15.5 Å². The van der Waals surface area contributed by atoms with E-state index in [1.807, 2.05) is 0 Å². The van der Waals surface area contributed by atoms with Crippen LogP contribution in [-0.2, 0) is 9.59 Å². The number of benzene rings is 1. The van der Waals surface area contributed by atoms with E-state index in [4.69, 9.17) is 5.11 Å². The average molecular weight is 291 g/mol. The van der Waals surface area contributed by atoms with Crippen molar-refractivity contribution in [3.63, 3.8) is 0 Å². The summed E-state index contributed by atoms with van der Waals surface area (Å²) in [6.45, 7) is 1.19. The van der Waals surface area contributed by atoms with Gasteiger partial charge in [-0.05, 0) is 24.6 Å². The fourth-order valence-electron chi connectivity index (χ4n) is 2.09. The van der Waals surface area contributed by atoms with Gasteiger partial charge in [0.25, 0.3) is 0 Å². The van der Waals surface area contributed by atoms with Crippen molar-refractivity contribution in [2.75, 3.05) is 23.3 Å². The highest BCUT2D eigenvalue weighted by Crippen LogP contribution is 2.21. The Morgan fingerprint density at radius 1 is 1.33 bits per heavy atom. The lowest BCUT2D eigenvalue weighted by Crippen LogP contribution is -2.27. The van der Waals surface area contributed by atoms with Gasteiger partial charge in [-0.1, -0.05) is 6.07 Å². The van der Waals surface area contributed by atoms with E-state index in [1.54, 1.807) is 29.2 Å². The van der Waals surface area contributed by atoms with Crippen molar-refractivity contribution in [2.24, 2.45) is 0 Å². The van der Waals surface area contributed by atoms with Crippen molar-refractivity contribution in [3.05, 3.63) is 24.3 Å². The van der Waals surface area contributed by atoms with Gasteiger partial charge in [-0.3, -0.25) is 14.5 Å². The lowest BCUT2D eigenvalue weighted by molar-refractivity contribution is -0.137. The number of amides is 3. The van der Waals surface area contributed by atoms with E-state index in [2.05, 4.69) is 10.6 Å². The predicted molar refractivity (Wildman–Crippen MR) is 77.3 cm³/mol. The standard InChI is InChI=1S/C14H17N3O4/c18-12(5-2-6-13(19)20)16-10-3-1-4-11(9-10)17-8-7-15-14(17)21/h1,3-4,9H,2,5-8H2,(H,15,21)(H,16,18)(H,19,20). The van der Waals surface area contributed by atoms with Crippen LogP contribution in [-0.4, -0.2) is 36.1 Å². The molecule has 1 aliphatic rings. The second-order valence-electron chi connectivity index (χ2n) is 4.73. The lowest BCUT2D eigenvalue weighted by atomic mass is 10.2. The van der Waals surface area contributed by atoms with Crippen LogP contribution in [0.1, 0.15) is 19.3 Å². The van der Waals surface area contributed by atoms with E-state index in [0.717, 1.165) is 0 Å². The van der Waals surface area contributed by atoms with Crippen molar-refractivity contribution >= 4 is 29.3 Å². The van der Waals surface area contributed by atoms with Crippen molar-refractivity contribution in [1.82, 2.24) is 5.32 Å². The SMILES string of the molecule is O=C(O)CCCC(=O)Nc1cccc(N2CCNC2=O)c1. The molecule has 112 valence electrons. The number of carboxylic acids is 1. The highest BCUT2D eigenvalue weighted by atomic mass is 16.4. The van der Waals surface area contributed by atoms with Gasteiger partial charge in [0.05, 0.1) is 0 Å². The maximum Gasteiger partial charge on any atom is 0.321 e. The van der Waals surface area contributed by atoms with Crippen molar-refractivity contribution < 1.29 is 19.5 Å². The van der Waals surface area contributed by atoms with E-state index in [1.165, 1.54) is 0 Å². The van der Waals surface area contributed by atoms with Crippen LogP contribution in [0.4, 0.5) is 16.2 Å². The zero-order valence-electron chi connectivity index (χ0n) is 11.5. The molecule has 21 heavy (non-hydrogen) atoms. The van der Waals surface area contributed by atoms with Crippen LogP contribution >= 0.6 is 0 Å². The van der Waals surface area contributed by atoms with Crippen molar-refractivity contribution in [1.29, 1.82) is 0 Å². The highest BCUT2D eigenvalue weighted by Gasteiger charge is 2.21. The Morgan fingerprint density at radius 2 is 2.14 bits per heavy atom. The Balaban J connectivity index is 1.93. The van der Waals surface area contributed by atoms with Gasteiger partial charge in [-0.25, -0.2) is 4.79 Å². The van der Waals surface area contributed by atoms with Gasteiger partial charge in [0.1, 0.15) is 0 Å². The molecule has 0 aromatic heterocycles. The van der Waals surface area contributed by atoms with Crippen LogP contribution in [0.25, 0.3) is 0 Å². The predicted octanol–water partition coefficient (Wildman–Crippen LogP) is 1.41. The molecule has 0 atom stereocenters. The molecule has 2 rings (SSSR count). The first-order valence-corrected chi connectivity index (χ1v) is 6.73. The van der Waals surface area contributed by atoms with Crippen LogP contribution in [0.2, 0.25) is 0 Å². The Kier molecular flexibility index (Phi) is 4.76. The van der Waals surface area contributed by atoms with Gasteiger partial charge in [-0.15, -0.1) is 0 Å². The Morgan fingerprint density at radius 3 is 2.81 bits per heavy atom. The van der Waals surface area contributed by atoms with Gasteiger partial charge < -0.3 is 15.7 Å². The lowest BCUT2D eigenvalue weighted by Gasteiger charge is -2.15. The smallest absolute Gasteiger partial charge is 0.321 e. The average Bonchev–Trinajstić information content (AvgIpc) is 2.85. The summed E-state index contributed by atoms with van der Waals surface area (Å²) in [5.74, 6) is -1.15. The first-order chi connectivity index (χ1) is 10.1. The number of hydrogen-bond acceptors (Lipinski definition) is 3. The molecule has 0 saturated carbocycles. The summed E-state index contributed by atoms with van der Waals surface area (Å²) in [5, 5.41) is 13.9. The monoisotopic (exact) mass is 291 g/mol. The third-order valence-electron chi connectivity index (χ3n) is 3.09. The van der Waals surface area contributed by atoms with Crippen LogP contribution in [0.5, 0.6) is 0 Å². The van der Waals surface area contributed by atoms with Crippen molar-refractivity contribution in [2.45, 2.75) is 19.3 Å². The molecule has 1 aromatic carbocycles. The minimum Gasteiger partial charge on any atom is -0.481 e. The molecule has 0 bridgehead atoms. The zero-order valence-corrected chi connectivity index (χ0v) is 11.5. The maximum atomic E-state index is 11.7. The summed E-state index contributed by atoms with van der Waals surface area (Å²) in [6.07, 6.45) is 0.428. The van der Waals surface area contributed by atoms with Crippen LogP contribution in [0, 0.1) is 0 Å². The molecule has 3 N–H and O–H groups in total. The van der Waals surface area contributed by atoms with Crippen molar-refractivity contribution in [3.8, 4) is 0 Å². The summed E-state index contributed by atoms with van der Waals surface area (Å²) in [7, 11) is 0. The van der Waals surface area contributed by atoms with Gasteiger partial charge in [0, 0.05) is 37.3 Å². The Bertz CT molecular complexity index is 559. The molecule has 1 aliphatic heterocycles. The van der Waals surface area contributed by atoms with Gasteiger partial charge in [0.2, 0.25) is 5.91 Å². The number of carbonyl (C=O) groups is 3. The number of carbonyl (C=O) groups excluding carboxylic acids is 2. The normalized spacial score (nSPS) is 13.9. The number of nitrogens with zero attached hydrogens (tertiary/aromatic N) is 1. The first kappa shape index (κ1) is 14.8. The van der Waals surface area contributed by atoms with Gasteiger partial charge >= 0.3 is 12.0 Å². The molecule has 3 amide bonds. The summed E-state index contributed by atoms with van der Waals surface area (Å²) in [6, 6.07) is 6.85. The number of urea groups is 1. The minimum absolute atomic E-state index is 0.0264. The molecule has 1 aromatic rings. The number of aliphatic carboxylic acids is 1. The summed E-state index contributed by atoms with van der Waals surface area (Å²) >= 11 is 0. The van der Waals surface area contributed by atoms with E-state index < -0.39 is 5.97 Å². The number of anilines is 2. The van der Waals surface area contributed by atoms with E-state index in [-0.39, 0.29) is 24.8 Å². The summed E-state index contributed by atoms with van der Waals surface area (Å²) in [5.41, 5.74) is 1.31. The molecule has 7 heteroatoms. The first-order valence-electron chi connectivity index (χ1n) is 6.73. The Labute approximate surface area is 121 Å². The molecule has 1 saturated heterocycles. The largest absolute Gasteiger partial charge is 0.481 e. The highest BCUT2D eigenvalue weighted by molar-refractivity contribution is 5.96. The topological polar surface area (TPSA) is 98.7 Å². The van der Waals surface area contributed by atoms with E-state index >= 15 is 0 Å². The van der Waals surface area contributed by atoms with Gasteiger partial charge in [-0.2, -0.15) is 0 Å². The molecular weight excluding hydrogens is 274 g/mol. The zero-order chi connectivity index (χ0) is 15.2. The molecule has 0 unspecified atom stereocenters. The Hall–Kier alpha value is -2.57. The fourth-order valence-corrected chi connectivity index (χ4v) is 2.09. The number of nitrogens with one attached hydrogen (secondary N) is 2. The fraction of sp³-hybridized carbons (Fsp3) is 0.357. The summed E-state index contributed by atoms with van der Waals surface area (Å²) in [4.78, 5) is 35.3. The molecule has 7 nitrogen and oxygen atoms in total. The third-order valence-corrected chi connectivity index (χ3v) is 3.09. The minimum atomic E-state index is -0.912.